The summed E-state index contributed by atoms with van der Waals surface area (Å²) in [6, 6.07) is 9.70. The Morgan fingerprint density at radius 1 is 1.41 bits per heavy atom. The zero-order valence-corrected chi connectivity index (χ0v) is 10.6. The van der Waals surface area contributed by atoms with Crippen LogP contribution in [0, 0.1) is 0 Å². The molecular weight excluding hydrogens is 239 g/mol. The maximum atomic E-state index is 11.5. The molecule has 0 fully saturated rings. The van der Waals surface area contributed by atoms with Gasteiger partial charge in [0.05, 0.1) is 6.16 Å². The van der Waals surface area contributed by atoms with E-state index in [4.69, 9.17) is 4.52 Å². The van der Waals surface area contributed by atoms with Crippen LogP contribution < -0.4 is 0 Å². The van der Waals surface area contributed by atoms with Gasteiger partial charge >= 0.3 is 7.60 Å². The Morgan fingerprint density at radius 2 is 2.06 bits per heavy atom. The van der Waals surface area contributed by atoms with Crippen molar-refractivity contribution in [1.82, 2.24) is 0 Å². The lowest BCUT2D eigenvalue weighted by atomic mass is 10.1. The van der Waals surface area contributed by atoms with Gasteiger partial charge in [0.25, 0.3) is 0 Å². The van der Waals surface area contributed by atoms with E-state index in [1.165, 1.54) is 13.2 Å². The van der Waals surface area contributed by atoms with Gasteiger partial charge in [-0.25, -0.2) is 0 Å². The fourth-order valence-electron chi connectivity index (χ4n) is 1.45. The van der Waals surface area contributed by atoms with Crippen LogP contribution in [0.5, 0.6) is 0 Å². The minimum Gasteiger partial charge on any atom is -0.324 e. The minimum absolute atomic E-state index is 0.0495. The minimum atomic E-state index is -3.66. The van der Waals surface area contributed by atoms with Gasteiger partial charge in [-0.2, -0.15) is 0 Å². The summed E-state index contributed by atoms with van der Waals surface area (Å²) in [6.07, 6.45) is 1.88. The molecule has 1 aromatic carbocycles. The second-order valence-electron chi connectivity index (χ2n) is 3.82. The molecule has 0 spiro atoms. The maximum Gasteiger partial charge on any atom is 0.328 e. The molecule has 17 heavy (non-hydrogen) atoms. The summed E-state index contributed by atoms with van der Waals surface area (Å²) in [5, 5.41) is 0. The molecule has 5 heteroatoms. The van der Waals surface area contributed by atoms with Gasteiger partial charge in [0.2, 0.25) is 6.29 Å². The van der Waals surface area contributed by atoms with Gasteiger partial charge < -0.3 is 4.89 Å². The molecule has 2 atom stereocenters. The van der Waals surface area contributed by atoms with Gasteiger partial charge in [-0.1, -0.05) is 30.3 Å². The quantitative estimate of drug-likeness (QED) is 0.759. The summed E-state index contributed by atoms with van der Waals surface area (Å²) < 4.78 is 16.2. The first kappa shape index (κ1) is 14.1. The number of benzene rings is 1. The first-order valence-electron chi connectivity index (χ1n) is 5.45. The third-order valence-electron chi connectivity index (χ3n) is 2.24. The van der Waals surface area contributed by atoms with Crippen molar-refractivity contribution in [2.75, 3.05) is 6.16 Å². The monoisotopic (exact) mass is 255 g/mol. The van der Waals surface area contributed by atoms with E-state index in [0.29, 0.717) is 12.8 Å². The van der Waals surface area contributed by atoms with Crippen LogP contribution in [-0.4, -0.2) is 23.4 Å². The van der Waals surface area contributed by atoms with Crippen LogP contribution in [-0.2, 0) is 20.3 Å². The summed E-state index contributed by atoms with van der Waals surface area (Å²) in [6.45, 7) is 1.40. The van der Waals surface area contributed by atoms with E-state index in [0.717, 1.165) is 5.56 Å². The van der Waals surface area contributed by atoms with Crippen LogP contribution in [0.15, 0.2) is 30.3 Å². The molecule has 0 saturated heterocycles. The maximum absolute atomic E-state index is 11.5. The summed E-state index contributed by atoms with van der Waals surface area (Å²) in [7, 11) is -3.66. The van der Waals surface area contributed by atoms with Crippen LogP contribution >= 0.6 is 7.60 Å². The second-order valence-corrected chi connectivity index (χ2v) is 5.75. The molecule has 1 aromatic rings. The van der Waals surface area contributed by atoms with Crippen LogP contribution in [0.1, 0.15) is 18.9 Å². The molecule has 0 aromatic heterocycles. The van der Waals surface area contributed by atoms with E-state index in [9.17, 15) is 14.3 Å². The first-order chi connectivity index (χ1) is 8.03. The number of hydrogen-bond donors (Lipinski definition) is 1. The van der Waals surface area contributed by atoms with E-state index in [-0.39, 0.29) is 6.16 Å². The number of rotatable bonds is 7. The molecule has 0 aliphatic rings. The fourth-order valence-corrected chi connectivity index (χ4v) is 2.65. The zero-order valence-electron chi connectivity index (χ0n) is 9.70. The number of aryl methyl sites for hydroxylation is 1. The summed E-state index contributed by atoms with van der Waals surface area (Å²) >= 11 is 0. The molecule has 93 valence electrons. The van der Waals surface area contributed by atoms with Crippen LogP contribution in [0.2, 0.25) is 0 Å². The van der Waals surface area contributed by atoms with E-state index in [1.54, 1.807) is 0 Å². The third-order valence-corrected chi connectivity index (χ3v) is 3.76. The Hall–Kier alpha value is -0.960. The largest absolute Gasteiger partial charge is 0.328 e. The van der Waals surface area contributed by atoms with Crippen molar-refractivity contribution in [1.29, 1.82) is 0 Å². The average Bonchev–Trinajstić information content (AvgIpc) is 2.29. The Kier molecular flexibility index (Phi) is 5.56. The highest BCUT2D eigenvalue weighted by Crippen LogP contribution is 2.43. The summed E-state index contributed by atoms with van der Waals surface area (Å²) in [5.41, 5.74) is 1.11. The van der Waals surface area contributed by atoms with Crippen molar-refractivity contribution in [3.63, 3.8) is 0 Å². The highest BCUT2D eigenvalue weighted by atomic mass is 31.2. The zero-order chi connectivity index (χ0) is 12.7. The molecule has 0 bridgehead atoms. The number of hydrogen-bond acceptors (Lipinski definition) is 3. The van der Waals surface area contributed by atoms with Gasteiger partial charge in [-0.15, -0.1) is 0 Å². The van der Waals surface area contributed by atoms with Gasteiger partial charge in [0, 0.05) is 0 Å². The second kappa shape index (κ2) is 6.70. The lowest BCUT2D eigenvalue weighted by molar-refractivity contribution is 0.232. The first-order valence-corrected chi connectivity index (χ1v) is 7.21. The predicted molar refractivity (Wildman–Crippen MR) is 65.7 cm³/mol. The van der Waals surface area contributed by atoms with E-state index in [1.807, 2.05) is 30.3 Å². The molecule has 2 unspecified atom stereocenters. The van der Waals surface area contributed by atoms with Crippen LogP contribution in [0.25, 0.3) is 0 Å². The van der Waals surface area contributed by atoms with Gasteiger partial charge in [-0.3, -0.25) is 13.9 Å². The predicted octanol–water partition coefficient (Wildman–Crippen LogP) is 2.32. The molecule has 1 rings (SSSR count). The summed E-state index contributed by atoms with van der Waals surface area (Å²) in [5.74, 6) is 0. The smallest absolute Gasteiger partial charge is 0.324 e. The highest BCUT2D eigenvalue weighted by Gasteiger charge is 2.22. The third kappa shape index (κ3) is 5.78. The molecule has 0 heterocycles. The van der Waals surface area contributed by atoms with Crippen molar-refractivity contribution < 1.29 is 18.8 Å². The Balaban J connectivity index is 2.35. The standard InChI is InChI=1S/C12H16O4P/c1-11(10-13)16-17(14,15)9-5-8-12-6-3-2-4-7-12/h2-4,6-7,11H,5,8-9H2,1H3,(H,14,15). The van der Waals surface area contributed by atoms with Crippen molar-refractivity contribution >= 4 is 13.9 Å². The molecule has 4 nitrogen and oxygen atoms in total. The van der Waals surface area contributed by atoms with E-state index >= 15 is 0 Å². The molecule has 0 aliphatic carbocycles. The van der Waals surface area contributed by atoms with Crippen molar-refractivity contribution in [2.45, 2.75) is 25.9 Å². The van der Waals surface area contributed by atoms with Crippen LogP contribution in [0.3, 0.4) is 0 Å². The Bertz CT molecular complexity index is 391. The topological polar surface area (TPSA) is 63.6 Å². The normalized spacial score (nSPS) is 16.1. The fraction of sp³-hybridized carbons (Fsp3) is 0.417. The van der Waals surface area contributed by atoms with E-state index in [2.05, 4.69) is 0 Å². The van der Waals surface area contributed by atoms with Gasteiger partial charge in [0.1, 0.15) is 6.10 Å². The molecule has 1 radical (unpaired) electrons. The Morgan fingerprint density at radius 3 is 2.65 bits per heavy atom. The lowest BCUT2D eigenvalue weighted by Crippen LogP contribution is -2.09. The molecule has 0 saturated carbocycles. The number of carbonyl (C=O) groups excluding carboxylic acids is 1. The van der Waals surface area contributed by atoms with E-state index < -0.39 is 13.7 Å². The molecule has 0 aliphatic heterocycles. The van der Waals surface area contributed by atoms with Crippen molar-refractivity contribution in [3.05, 3.63) is 35.9 Å². The van der Waals surface area contributed by atoms with Crippen LogP contribution in [0.4, 0.5) is 0 Å². The van der Waals surface area contributed by atoms with Gasteiger partial charge in [0.15, 0.2) is 0 Å². The lowest BCUT2D eigenvalue weighted by Gasteiger charge is -2.13. The summed E-state index contributed by atoms with van der Waals surface area (Å²) in [4.78, 5) is 19.6. The average molecular weight is 255 g/mol. The van der Waals surface area contributed by atoms with Crippen molar-refractivity contribution in [2.24, 2.45) is 0 Å². The van der Waals surface area contributed by atoms with Crippen molar-refractivity contribution in [3.8, 4) is 0 Å². The van der Waals surface area contributed by atoms with Gasteiger partial charge in [-0.05, 0) is 25.3 Å². The molecular formula is C12H16O4P. The Labute approximate surface area is 101 Å². The highest BCUT2D eigenvalue weighted by molar-refractivity contribution is 7.52. The molecule has 1 N–H and O–H groups in total. The SMILES string of the molecule is CC([C]=O)OP(=O)(O)CCCc1ccccc1. The molecule has 0 amide bonds.